The van der Waals surface area contributed by atoms with E-state index in [1.54, 1.807) is 11.3 Å². The average molecular weight is 202 g/mol. The number of hydrogen-bond donors (Lipinski definition) is 2. The summed E-state index contributed by atoms with van der Waals surface area (Å²) in [7, 11) is 0. The molecular weight excluding hydrogens is 192 g/mol. The molecule has 0 amide bonds. The van der Waals surface area contributed by atoms with Gasteiger partial charge >= 0.3 is 0 Å². The van der Waals surface area contributed by atoms with E-state index in [0.717, 1.165) is 6.42 Å². The first kappa shape index (κ1) is 7.88. The predicted octanol–water partition coefficient (Wildman–Crippen LogP) is 3.15. The molecule has 0 saturated carbocycles. The Kier molecular flexibility index (Phi) is 1.70. The van der Waals surface area contributed by atoms with E-state index in [0.29, 0.717) is 0 Å². The van der Waals surface area contributed by atoms with Crippen LogP contribution in [0.1, 0.15) is 11.4 Å². The third-order valence-corrected chi connectivity index (χ3v) is 3.20. The molecule has 0 unspecified atom stereocenters. The minimum absolute atomic E-state index is 0.953. The third kappa shape index (κ3) is 1.26. The van der Waals surface area contributed by atoms with Crippen molar-refractivity contribution in [3.05, 3.63) is 47.2 Å². The molecule has 0 fully saturated rings. The molecule has 0 radical (unpaired) electrons. The molecule has 3 heterocycles. The van der Waals surface area contributed by atoms with E-state index in [4.69, 9.17) is 0 Å². The van der Waals surface area contributed by atoms with E-state index in [1.165, 1.54) is 21.6 Å². The lowest BCUT2D eigenvalue weighted by Crippen LogP contribution is -1.86. The van der Waals surface area contributed by atoms with Crippen molar-refractivity contribution in [3.63, 3.8) is 0 Å². The summed E-state index contributed by atoms with van der Waals surface area (Å²) in [4.78, 5) is 6.61. The van der Waals surface area contributed by atoms with Gasteiger partial charge in [-0.15, -0.1) is 11.3 Å². The molecule has 0 bridgehead atoms. The fourth-order valence-electron chi connectivity index (χ4n) is 1.68. The van der Waals surface area contributed by atoms with Crippen LogP contribution in [-0.2, 0) is 6.42 Å². The Morgan fingerprint density at radius 3 is 3.00 bits per heavy atom. The highest BCUT2D eigenvalue weighted by Gasteiger charge is 2.02. The van der Waals surface area contributed by atoms with Crippen LogP contribution in [0.5, 0.6) is 0 Å². The average Bonchev–Trinajstić information content (AvgIpc) is 2.78. The Hall–Kier alpha value is -1.48. The number of hydrogen-bond acceptors (Lipinski definition) is 1. The molecule has 0 aliphatic heterocycles. The highest BCUT2D eigenvalue weighted by atomic mass is 32.1. The quantitative estimate of drug-likeness (QED) is 0.640. The molecular formula is C11H10N2S. The topological polar surface area (TPSA) is 31.6 Å². The Morgan fingerprint density at radius 2 is 2.21 bits per heavy atom. The molecule has 3 aromatic rings. The van der Waals surface area contributed by atoms with Gasteiger partial charge in [0.15, 0.2) is 0 Å². The van der Waals surface area contributed by atoms with E-state index in [2.05, 4.69) is 33.5 Å². The van der Waals surface area contributed by atoms with Crippen LogP contribution in [0, 0.1) is 0 Å². The van der Waals surface area contributed by atoms with Crippen LogP contribution in [0.3, 0.4) is 0 Å². The second kappa shape index (κ2) is 3.03. The van der Waals surface area contributed by atoms with Crippen molar-refractivity contribution in [2.24, 2.45) is 0 Å². The summed E-state index contributed by atoms with van der Waals surface area (Å²) in [6.45, 7) is 0. The molecule has 0 aliphatic carbocycles. The minimum Gasteiger partial charge on any atom is -0.365 e. The van der Waals surface area contributed by atoms with Crippen LogP contribution in [-0.4, -0.2) is 9.97 Å². The third-order valence-electron chi connectivity index (χ3n) is 2.34. The molecule has 14 heavy (non-hydrogen) atoms. The lowest BCUT2D eigenvalue weighted by atomic mass is 10.2. The summed E-state index contributed by atoms with van der Waals surface area (Å²) in [5, 5.41) is 2.11. The van der Waals surface area contributed by atoms with Crippen LogP contribution >= 0.6 is 11.3 Å². The first-order chi connectivity index (χ1) is 6.92. The minimum atomic E-state index is 0.953. The number of H-pyrrole nitrogens is 2. The van der Waals surface area contributed by atoms with Gasteiger partial charge in [0, 0.05) is 24.0 Å². The normalized spacial score (nSPS) is 11.1. The molecule has 0 aliphatic rings. The van der Waals surface area contributed by atoms with Gasteiger partial charge in [0.25, 0.3) is 0 Å². The van der Waals surface area contributed by atoms with Gasteiger partial charge in [-0.05, 0) is 29.6 Å². The summed E-state index contributed by atoms with van der Waals surface area (Å²) in [5.41, 5.74) is 3.77. The smallest absolute Gasteiger partial charge is 0.0565 e. The first-order valence-corrected chi connectivity index (χ1v) is 5.47. The highest BCUT2D eigenvalue weighted by molar-refractivity contribution is 7.17. The standard InChI is InChI=1S/C11H10N2S/c1-2-8(12-4-1)6-9-7-11-10(13-9)3-5-14-11/h1-5,7,12-13H,6H2. The monoisotopic (exact) mass is 202 g/mol. The molecule has 0 saturated heterocycles. The van der Waals surface area contributed by atoms with Crippen molar-refractivity contribution in [3.8, 4) is 0 Å². The zero-order valence-electron chi connectivity index (χ0n) is 7.58. The van der Waals surface area contributed by atoms with Crippen LogP contribution in [0.2, 0.25) is 0 Å². The molecule has 3 rings (SSSR count). The Bertz CT molecular complexity index is 502. The summed E-state index contributed by atoms with van der Waals surface area (Å²) in [6, 6.07) is 8.48. The number of fused-ring (bicyclic) bond motifs is 1. The maximum Gasteiger partial charge on any atom is 0.0565 e. The second-order valence-electron chi connectivity index (χ2n) is 3.37. The summed E-state index contributed by atoms with van der Waals surface area (Å²) in [6.07, 6.45) is 2.91. The van der Waals surface area contributed by atoms with Gasteiger partial charge < -0.3 is 9.97 Å². The van der Waals surface area contributed by atoms with Crippen molar-refractivity contribution in [1.82, 2.24) is 9.97 Å². The summed E-state index contributed by atoms with van der Waals surface area (Å²) >= 11 is 1.78. The van der Waals surface area contributed by atoms with Crippen molar-refractivity contribution >= 4 is 21.6 Å². The summed E-state index contributed by atoms with van der Waals surface area (Å²) < 4.78 is 1.34. The molecule has 0 atom stereocenters. The lowest BCUT2D eigenvalue weighted by Gasteiger charge is -1.93. The number of nitrogens with one attached hydrogen (secondary N) is 2. The van der Waals surface area contributed by atoms with E-state index in [-0.39, 0.29) is 0 Å². The van der Waals surface area contributed by atoms with Crippen molar-refractivity contribution in [2.75, 3.05) is 0 Å². The fraction of sp³-hybridized carbons (Fsp3) is 0.0909. The molecule has 3 heteroatoms. The van der Waals surface area contributed by atoms with Gasteiger partial charge in [0.1, 0.15) is 0 Å². The maximum atomic E-state index is 3.40. The molecule has 3 aromatic heterocycles. The van der Waals surface area contributed by atoms with Gasteiger partial charge in [0.2, 0.25) is 0 Å². The van der Waals surface area contributed by atoms with E-state index >= 15 is 0 Å². The Morgan fingerprint density at radius 1 is 1.21 bits per heavy atom. The number of aromatic amines is 2. The molecule has 0 aromatic carbocycles. The first-order valence-electron chi connectivity index (χ1n) is 4.59. The van der Waals surface area contributed by atoms with Crippen LogP contribution in [0.25, 0.3) is 10.2 Å². The molecule has 2 N–H and O–H groups in total. The van der Waals surface area contributed by atoms with Crippen LogP contribution in [0.4, 0.5) is 0 Å². The Labute approximate surface area is 85.6 Å². The van der Waals surface area contributed by atoms with Crippen LogP contribution < -0.4 is 0 Å². The molecule has 2 nitrogen and oxygen atoms in total. The van der Waals surface area contributed by atoms with E-state index in [1.807, 2.05) is 12.3 Å². The van der Waals surface area contributed by atoms with Gasteiger partial charge in [-0.3, -0.25) is 0 Å². The largest absolute Gasteiger partial charge is 0.365 e. The van der Waals surface area contributed by atoms with Crippen molar-refractivity contribution in [2.45, 2.75) is 6.42 Å². The highest BCUT2D eigenvalue weighted by Crippen LogP contribution is 2.22. The number of rotatable bonds is 2. The number of thiophene rings is 1. The Balaban J connectivity index is 1.95. The number of aromatic nitrogens is 2. The van der Waals surface area contributed by atoms with Crippen LogP contribution in [0.15, 0.2) is 35.8 Å². The maximum absolute atomic E-state index is 3.40. The SMILES string of the molecule is c1c[nH]c(Cc2cc3sccc3[nH]2)c1. The van der Waals surface area contributed by atoms with Gasteiger partial charge in [-0.25, -0.2) is 0 Å². The van der Waals surface area contributed by atoms with Crippen molar-refractivity contribution < 1.29 is 0 Å². The van der Waals surface area contributed by atoms with E-state index < -0.39 is 0 Å². The van der Waals surface area contributed by atoms with E-state index in [9.17, 15) is 0 Å². The zero-order chi connectivity index (χ0) is 9.38. The molecule has 0 spiro atoms. The second-order valence-corrected chi connectivity index (χ2v) is 4.31. The summed E-state index contributed by atoms with van der Waals surface area (Å²) in [5.74, 6) is 0. The zero-order valence-corrected chi connectivity index (χ0v) is 8.40. The van der Waals surface area contributed by atoms with Gasteiger partial charge in [0.05, 0.1) is 10.2 Å². The predicted molar refractivity (Wildman–Crippen MR) is 59.8 cm³/mol. The van der Waals surface area contributed by atoms with Gasteiger partial charge in [-0.1, -0.05) is 0 Å². The lowest BCUT2D eigenvalue weighted by molar-refractivity contribution is 1.06. The van der Waals surface area contributed by atoms with Gasteiger partial charge in [-0.2, -0.15) is 0 Å². The fourth-order valence-corrected chi connectivity index (χ4v) is 2.49. The molecule has 70 valence electrons. The van der Waals surface area contributed by atoms with Crippen molar-refractivity contribution in [1.29, 1.82) is 0 Å².